The molecule has 0 radical (unpaired) electrons. The van der Waals surface area contributed by atoms with Gasteiger partial charge in [0.25, 0.3) is 5.91 Å². The van der Waals surface area contributed by atoms with Crippen molar-refractivity contribution in [2.24, 2.45) is 0 Å². The third kappa shape index (κ3) is 3.28. The van der Waals surface area contributed by atoms with E-state index in [-0.39, 0.29) is 0 Å². The lowest BCUT2D eigenvalue weighted by molar-refractivity contribution is -0.133. The van der Waals surface area contributed by atoms with Crippen molar-refractivity contribution in [2.75, 3.05) is 5.32 Å². The summed E-state index contributed by atoms with van der Waals surface area (Å²) in [5, 5.41) is 15.4. The number of rotatable bonds is 4. The van der Waals surface area contributed by atoms with E-state index in [1.807, 2.05) is 42.5 Å². The molecule has 0 bridgehead atoms. The zero-order valence-corrected chi connectivity index (χ0v) is 14.3. The van der Waals surface area contributed by atoms with Gasteiger partial charge in [0.2, 0.25) is 11.6 Å². The Balaban J connectivity index is 1.68. The lowest BCUT2D eigenvalue weighted by Gasteiger charge is -2.06. The van der Waals surface area contributed by atoms with Crippen LogP contribution in [0.25, 0.3) is 28.4 Å². The zero-order chi connectivity index (χ0) is 18.8. The van der Waals surface area contributed by atoms with Gasteiger partial charge in [0.1, 0.15) is 5.69 Å². The minimum Gasteiger partial charge on any atom is -0.319 e. The van der Waals surface area contributed by atoms with Crippen molar-refractivity contribution in [1.29, 1.82) is 0 Å². The molecule has 3 heterocycles. The Labute approximate surface area is 153 Å². The van der Waals surface area contributed by atoms with Gasteiger partial charge in [0.15, 0.2) is 5.65 Å². The summed E-state index contributed by atoms with van der Waals surface area (Å²) in [6.45, 7) is 1.22. The van der Waals surface area contributed by atoms with Gasteiger partial charge in [-0.1, -0.05) is 18.2 Å². The topological polar surface area (TPSA) is 102 Å². The van der Waals surface area contributed by atoms with Crippen LogP contribution in [-0.2, 0) is 9.59 Å². The molecular weight excluding hydrogens is 344 g/mol. The Kier molecular flexibility index (Phi) is 4.13. The third-order valence-electron chi connectivity index (χ3n) is 3.92. The van der Waals surface area contributed by atoms with Crippen LogP contribution in [0.4, 0.5) is 5.69 Å². The molecule has 0 spiro atoms. The van der Waals surface area contributed by atoms with Gasteiger partial charge in [-0.2, -0.15) is 9.61 Å². The fourth-order valence-corrected chi connectivity index (χ4v) is 2.54. The quantitative estimate of drug-likeness (QED) is 0.562. The molecule has 0 aliphatic carbocycles. The second-order valence-corrected chi connectivity index (χ2v) is 5.81. The molecule has 3 aromatic heterocycles. The minimum absolute atomic E-state index is 0.540. The number of carbonyl (C=O) groups excluding carboxylic acids is 2. The van der Waals surface area contributed by atoms with E-state index >= 15 is 0 Å². The zero-order valence-electron chi connectivity index (χ0n) is 14.3. The number of aromatic nitrogens is 5. The van der Waals surface area contributed by atoms with Crippen LogP contribution in [-0.4, -0.2) is 36.5 Å². The largest absolute Gasteiger partial charge is 0.319 e. The molecule has 0 aliphatic rings. The number of hydrogen-bond donors (Lipinski definition) is 1. The summed E-state index contributed by atoms with van der Waals surface area (Å²) in [6, 6.07) is 16.3. The van der Waals surface area contributed by atoms with Crippen LogP contribution >= 0.6 is 0 Å². The Morgan fingerprint density at radius 3 is 2.44 bits per heavy atom. The first kappa shape index (κ1) is 16.5. The first-order valence-electron chi connectivity index (χ1n) is 8.18. The number of anilines is 1. The van der Waals surface area contributed by atoms with Crippen molar-refractivity contribution in [3.63, 3.8) is 0 Å². The lowest BCUT2D eigenvalue weighted by Crippen LogP contribution is -2.19. The van der Waals surface area contributed by atoms with Crippen LogP contribution in [0.1, 0.15) is 6.92 Å². The van der Waals surface area contributed by atoms with E-state index in [0.717, 1.165) is 5.56 Å². The van der Waals surface area contributed by atoms with Crippen molar-refractivity contribution >= 4 is 23.0 Å². The molecule has 0 unspecified atom stereocenters. The normalized spacial score (nSPS) is 10.7. The van der Waals surface area contributed by atoms with Crippen LogP contribution in [0.2, 0.25) is 0 Å². The highest BCUT2D eigenvalue weighted by atomic mass is 16.2. The molecule has 1 amide bonds. The second-order valence-electron chi connectivity index (χ2n) is 5.81. The van der Waals surface area contributed by atoms with Gasteiger partial charge in [-0.15, -0.1) is 10.2 Å². The average molecular weight is 358 g/mol. The number of ketones is 1. The summed E-state index contributed by atoms with van der Waals surface area (Å²) in [6.07, 6.45) is 1.69. The minimum atomic E-state index is -0.646. The number of nitrogens with zero attached hydrogens (tertiary/aromatic N) is 5. The molecule has 8 nitrogen and oxygen atoms in total. The summed E-state index contributed by atoms with van der Waals surface area (Å²) < 4.78 is 1.64. The van der Waals surface area contributed by atoms with Gasteiger partial charge < -0.3 is 5.32 Å². The fraction of sp³-hybridized carbons (Fsp3) is 0.0526. The smallest absolute Gasteiger partial charge is 0.291 e. The van der Waals surface area contributed by atoms with E-state index in [1.165, 1.54) is 6.92 Å². The van der Waals surface area contributed by atoms with Crippen molar-refractivity contribution in [3.8, 4) is 22.8 Å². The first-order valence-corrected chi connectivity index (χ1v) is 8.18. The second kappa shape index (κ2) is 6.75. The summed E-state index contributed by atoms with van der Waals surface area (Å²) in [7, 11) is 0. The average Bonchev–Trinajstić information content (AvgIpc) is 3.12. The third-order valence-corrected chi connectivity index (χ3v) is 3.92. The Morgan fingerprint density at radius 1 is 0.926 bits per heavy atom. The molecule has 0 atom stereocenters. The van der Waals surface area contributed by atoms with Crippen molar-refractivity contribution in [1.82, 2.24) is 24.8 Å². The number of carbonyl (C=O) groups is 2. The van der Waals surface area contributed by atoms with E-state index in [0.29, 0.717) is 28.5 Å². The maximum absolute atomic E-state index is 11.5. The number of amides is 1. The highest BCUT2D eigenvalue weighted by Gasteiger charge is 2.12. The Morgan fingerprint density at radius 2 is 1.74 bits per heavy atom. The van der Waals surface area contributed by atoms with Gasteiger partial charge >= 0.3 is 0 Å². The number of nitrogens with one attached hydrogen (secondary N) is 1. The molecule has 0 aliphatic heterocycles. The Hall–Kier alpha value is -3.94. The van der Waals surface area contributed by atoms with Crippen molar-refractivity contribution in [2.45, 2.75) is 6.92 Å². The maximum Gasteiger partial charge on any atom is 0.291 e. The number of pyridine rings is 1. The van der Waals surface area contributed by atoms with E-state index in [1.54, 1.807) is 22.8 Å². The molecule has 0 saturated heterocycles. The summed E-state index contributed by atoms with van der Waals surface area (Å²) in [5.74, 6) is -0.634. The van der Waals surface area contributed by atoms with Crippen molar-refractivity contribution in [3.05, 3.63) is 60.8 Å². The molecule has 4 aromatic rings. The highest BCUT2D eigenvalue weighted by molar-refractivity contribution is 6.39. The molecule has 132 valence electrons. The monoisotopic (exact) mass is 358 g/mol. The summed E-state index contributed by atoms with van der Waals surface area (Å²) in [4.78, 5) is 26.8. The van der Waals surface area contributed by atoms with Gasteiger partial charge in [0, 0.05) is 24.4 Å². The predicted molar refractivity (Wildman–Crippen MR) is 98.8 cm³/mol. The molecule has 1 aromatic carbocycles. The van der Waals surface area contributed by atoms with Gasteiger partial charge in [0.05, 0.1) is 5.69 Å². The van der Waals surface area contributed by atoms with Crippen LogP contribution in [0.15, 0.2) is 60.8 Å². The van der Waals surface area contributed by atoms with Gasteiger partial charge in [-0.05, 0) is 36.4 Å². The fourth-order valence-electron chi connectivity index (χ4n) is 2.54. The van der Waals surface area contributed by atoms with Crippen LogP contribution in [0.3, 0.4) is 0 Å². The molecule has 1 N–H and O–H groups in total. The number of fused-ring (bicyclic) bond motifs is 1. The lowest BCUT2D eigenvalue weighted by atomic mass is 10.1. The number of hydrogen-bond acceptors (Lipinski definition) is 6. The molecule has 0 fully saturated rings. The molecule has 4 rings (SSSR count). The van der Waals surface area contributed by atoms with Crippen LogP contribution < -0.4 is 5.32 Å². The number of benzene rings is 1. The van der Waals surface area contributed by atoms with Gasteiger partial charge in [-0.3, -0.25) is 14.6 Å². The van der Waals surface area contributed by atoms with Crippen molar-refractivity contribution < 1.29 is 9.59 Å². The summed E-state index contributed by atoms with van der Waals surface area (Å²) in [5.41, 5.74) is 3.39. The van der Waals surface area contributed by atoms with E-state index in [4.69, 9.17) is 0 Å². The van der Waals surface area contributed by atoms with Crippen LogP contribution in [0.5, 0.6) is 0 Å². The standard InChI is InChI=1S/C19H14N6O2/c1-12(26)19(27)21-14-7-5-13(6-8-14)15-9-10-17-22-23-18(25(17)24-15)16-4-2-3-11-20-16/h2-11H,1H3,(H,21,27). The van der Waals surface area contributed by atoms with E-state index in [9.17, 15) is 9.59 Å². The molecular formula is C19H14N6O2. The first-order chi connectivity index (χ1) is 13.1. The van der Waals surface area contributed by atoms with Gasteiger partial charge in [-0.25, -0.2) is 0 Å². The van der Waals surface area contributed by atoms with E-state index < -0.39 is 11.7 Å². The predicted octanol–water partition coefficient (Wildman–Crippen LogP) is 2.38. The molecule has 0 saturated carbocycles. The molecule has 8 heteroatoms. The maximum atomic E-state index is 11.5. The Bertz CT molecular complexity index is 1140. The SMILES string of the molecule is CC(=O)C(=O)Nc1ccc(-c2ccc3nnc(-c4ccccn4)n3n2)cc1. The van der Waals surface area contributed by atoms with E-state index in [2.05, 4.69) is 25.6 Å². The summed E-state index contributed by atoms with van der Waals surface area (Å²) >= 11 is 0. The van der Waals surface area contributed by atoms with Crippen LogP contribution in [0, 0.1) is 0 Å². The molecule has 27 heavy (non-hydrogen) atoms. The number of Topliss-reactive ketones (excluding diaryl/α,β-unsaturated/α-hetero) is 1. The highest BCUT2D eigenvalue weighted by Crippen LogP contribution is 2.21.